The molecule has 2 heterocycles. The third-order valence-electron chi connectivity index (χ3n) is 8.09. The number of benzene rings is 2. The first-order valence-corrected chi connectivity index (χ1v) is 17.2. The normalized spacial score (nSPS) is 17.2. The smallest absolute Gasteiger partial charge is 0.342 e. The lowest BCUT2D eigenvalue weighted by Crippen LogP contribution is -2.30. The Bertz CT molecular complexity index is 1570. The van der Waals surface area contributed by atoms with Gasteiger partial charge < -0.3 is 29.5 Å². The van der Waals surface area contributed by atoms with Crippen LogP contribution in [-0.2, 0) is 14.3 Å². The number of nitrogens with one attached hydrogen (secondary N) is 1. The van der Waals surface area contributed by atoms with Crippen molar-refractivity contribution in [3.8, 4) is 17.2 Å². The Labute approximate surface area is 279 Å². The van der Waals surface area contributed by atoms with Gasteiger partial charge in [0, 0.05) is 30.7 Å². The Morgan fingerprint density at radius 2 is 1.91 bits per heavy atom. The maximum Gasteiger partial charge on any atom is 0.342 e. The number of amides is 1. The molecule has 1 aromatic heterocycles. The topological polar surface area (TPSA) is 161 Å². The summed E-state index contributed by atoms with van der Waals surface area (Å²) in [5.41, 5.74) is 0.782. The number of nitrogens with zero attached hydrogens (tertiary/aromatic N) is 2. The van der Waals surface area contributed by atoms with E-state index in [4.69, 9.17) is 14.0 Å². The van der Waals surface area contributed by atoms with Gasteiger partial charge in [-0.2, -0.15) is 16.7 Å². The average molecular weight is 666 g/mol. The van der Waals surface area contributed by atoms with E-state index in [0.29, 0.717) is 62.1 Å². The molecule has 11 nitrogen and oxygen atoms in total. The van der Waals surface area contributed by atoms with Gasteiger partial charge in [0.15, 0.2) is 5.82 Å². The molecule has 4 rings (SSSR count). The van der Waals surface area contributed by atoms with Crippen LogP contribution in [-0.4, -0.2) is 63.2 Å². The van der Waals surface area contributed by atoms with Crippen molar-refractivity contribution in [2.45, 2.75) is 83.3 Å². The van der Waals surface area contributed by atoms with Crippen LogP contribution in [0.5, 0.6) is 17.2 Å². The Hall–Kier alpha value is -4.32. The van der Waals surface area contributed by atoms with E-state index in [0.717, 1.165) is 5.75 Å². The SMILES string of the molecule is COc1ccc(C(CC(=O)NC(CCSC)c2nc(C)no2)c2c(O)cc3c(c2O)C(=O)O[C@@H](C)CCCC(=O)CCCC=C3)cc1. The van der Waals surface area contributed by atoms with Crippen LogP contribution in [0.2, 0.25) is 0 Å². The lowest BCUT2D eigenvalue weighted by Gasteiger charge is -2.24. The number of allylic oxidation sites excluding steroid dienone is 1. The number of methoxy groups -OCH3 is 1. The van der Waals surface area contributed by atoms with Crippen LogP contribution >= 0.6 is 11.8 Å². The van der Waals surface area contributed by atoms with E-state index < -0.39 is 35.7 Å². The molecule has 2 unspecified atom stereocenters. The predicted molar refractivity (Wildman–Crippen MR) is 179 cm³/mol. The quantitative estimate of drug-likeness (QED) is 0.205. The molecule has 0 radical (unpaired) electrons. The molecule has 3 atom stereocenters. The molecule has 3 N–H and O–H groups in total. The van der Waals surface area contributed by atoms with Gasteiger partial charge in [-0.3, -0.25) is 9.59 Å². The number of hydrogen-bond donors (Lipinski definition) is 3. The number of aromatic nitrogens is 2. The summed E-state index contributed by atoms with van der Waals surface area (Å²) in [5.74, 6) is -0.561. The summed E-state index contributed by atoms with van der Waals surface area (Å²) >= 11 is 1.61. The zero-order valence-electron chi connectivity index (χ0n) is 27.3. The molecule has 0 bridgehead atoms. The molecule has 0 aliphatic carbocycles. The Balaban J connectivity index is 1.76. The number of carbonyl (C=O) groups is 3. The van der Waals surface area contributed by atoms with E-state index in [1.165, 1.54) is 13.2 Å². The minimum atomic E-state index is -0.870. The lowest BCUT2D eigenvalue weighted by atomic mass is 9.84. The molecular weight excluding hydrogens is 622 g/mol. The molecule has 47 heavy (non-hydrogen) atoms. The monoisotopic (exact) mass is 665 g/mol. The second-order valence-corrected chi connectivity index (χ2v) is 12.7. The predicted octanol–water partition coefficient (Wildman–Crippen LogP) is 6.41. The van der Waals surface area contributed by atoms with E-state index in [2.05, 4.69) is 15.5 Å². The number of phenolic OH excluding ortho intramolecular Hbond substituents is 2. The van der Waals surface area contributed by atoms with Gasteiger partial charge >= 0.3 is 5.97 Å². The van der Waals surface area contributed by atoms with Gasteiger partial charge in [-0.05, 0) is 87.3 Å². The fraction of sp³-hybridized carbons (Fsp3) is 0.457. The third kappa shape index (κ3) is 9.60. The van der Waals surface area contributed by atoms with Crippen molar-refractivity contribution < 1.29 is 38.6 Å². The Morgan fingerprint density at radius 1 is 1.17 bits per heavy atom. The second kappa shape index (κ2) is 17.0. The Morgan fingerprint density at radius 3 is 2.60 bits per heavy atom. The van der Waals surface area contributed by atoms with Gasteiger partial charge in [-0.1, -0.05) is 29.4 Å². The second-order valence-electron chi connectivity index (χ2n) is 11.7. The van der Waals surface area contributed by atoms with Gasteiger partial charge in [0.1, 0.15) is 34.6 Å². The van der Waals surface area contributed by atoms with Crippen molar-refractivity contribution in [2.75, 3.05) is 19.1 Å². The largest absolute Gasteiger partial charge is 0.507 e. The van der Waals surface area contributed by atoms with Crippen LogP contribution in [0.4, 0.5) is 0 Å². The van der Waals surface area contributed by atoms with E-state index in [1.807, 2.05) is 6.26 Å². The van der Waals surface area contributed by atoms with E-state index in [1.54, 1.807) is 62.0 Å². The van der Waals surface area contributed by atoms with Gasteiger partial charge in [-0.25, -0.2) is 4.79 Å². The fourth-order valence-corrected chi connectivity index (χ4v) is 6.10. The van der Waals surface area contributed by atoms with E-state index in [-0.39, 0.29) is 40.5 Å². The van der Waals surface area contributed by atoms with Gasteiger partial charge in [0.2, 0.25) is 11.8 Å². The highest BCUT2D eigenvalue weighted by Gasteiger charge is 2.32. The molecule has 0 saturated carbocycles. The summed E-state index contributed by atoms with van der Waals surface area (Å²) in [6, 6.07) is 7.79. The number of hydrogen-bond acceptors (Lipinski definition) is 11. The molecule has 1 aliphatic heterocycles. The highest BCUT2D eigenvalue weighted by molar-refractivity contribution is 7.98. The number of cyclic esters (lactones) is 1. The van der Waals surface area contributed by atoms with E-state index in [9.17, 15) is 24.6 Å². The van der Waals surface area contributed by atoms with Crippen molar-refractivity contribution >= 4 is 35.5 Å². The number of rotatable bonds is 10. The average Bonchev–Trinajstić information content (AvgIpc) is 3.47. The number of aromatic hydroxyl groups is 2. The van der Waals surface area contributed by atoms with Crippen LogP contribution in [0.25, 0.3) is 6.08 Å². The van der Waals surface area contributed by atoms with Crippen LogP contribution in [0, 0.1) is 6.92 Å². The molecular formula is C35H43N3O8S. The van der Waals surface area contributed by atoms with Gasteiger partial charge in [-0.15, -0.1) is 0 Å². The van der Waals surface area contributed by atoms with Crippen LogP contribution in [0.1, 0.15) is 109 Å². The van der Waals surface area contributed by atoms with Gasteiger partial charge in [0.05, 0.1) is 13.2 Å². The number of ketones is 1. The molecule has 12 heteroatoms. The minimum absolute atomic E-state index is 0.0167. The summed E-state index contributed by atoms with van der Waals surface area (Å²) in [7, 11) is 1.54. The zero-order valence-corrected chi connectivity index (χ0v) is 28.1. The summed E-state index contributed by atoms with van der Waals surface area (Å²) in [6.45, 7) is 3.44. The maximum absolute atomic E-state index is 13.7. The maximum atomic E-state index is 13.7. The third-order valence-corrected chi connectivity index (χ3v) is 8.74. The van der Waals surface area contributed by atoms with Crippen molar-refractivity contribution in [1.29, 1.82) is 0 Å². The van der Waals surface area contributed by atoms with Gasteiger partial charge in [0.25, 0.3) is 0 Å². The van der Waals surface area contributed by atoms with Crippen LogP contribution < -0.4 is 10.1 Å². The zero-order chi connectivity index (χ0) is 33.9. The molecule has 1 amide bonds. The van der Waals surface area contributed by atoms with Crippen molar-refractivity contribution in [1.82, 2.24) is 15.5 Å². The number of esters is 1. The number of fused-ring (bicyclic) bond motifs is 1. The number of carbonyl (C=O) groups excluding carboxylic acids is 3. The molecule has 0 spiro atoms. The molecule has 1 aliphatic rings. The Kier molecular flexibility index (Phi) is 12.9. The number of phenols is 2. The number of aryl methyl sites for hydroxylation is 1. The van der Waals surface area contributed by atoms with Crippen molar-refractivity contribution in [3.63, 3.8) is 0 Å². The molecule has 2 aromatic carbocycles. The van der Waals surface area contributed by atoms with Crippen molar-refractivity contribution in [2.24, 2.45) is 0 Å². The summed E-state index contributed by atoms with van der Waals surface area (Å²) in [6.07, 6.45) is 8.40. The molecule has 252 valence electrons. The molecule has 0 saturated heterocycles. The first-order chi connectivity index (χ1) is 22.6. The van der Waals surface area contributed by atoms with Crippen molar-refractivity contribution in [3.05, 3.63) is 70.4 Å². The first-order valence-electron chi connectivity index (χ1n) is 15.8. The summed E-state index contributed by atoms with van der Waals surface area (Å²) in [4.78, 5) is 43.8. The van der Waals surface area contributed by atoms with E-state index >= 15 is 0 Å². The molecule has 3 aromatic rings. The highest BCUT2D eigenvalue weighted by atomic mass is 32.2. The standard InChI is InChI=1S/C35H43N3O8S/c1-21-9-8-12-25(39)11-7-5-6-10-24-19-29(40)32(33(42)31(24)35(43)45-21)27(23-13-15-26(44-3)16-14-23)20-30(41)37-28(17-18-47-4)34-36-22(2)38-46-34/h6,10,13-16,19,21,27-28,40,42H,5,7-9,11-12,17-18,20H2,1-4H3,(H,37,41)/t21-,27?,28?/m0/s1. The summed E-state index contributed by atoms with van der Waals surface area (Å²) in [5, 5.41) is 30.1. The van der Waals surface area contributed by atoms with Crippen LogP contribution in [0.15, 0.2) is 40.9 Å². The first kappa shape index (κ1) is 35.5. The minimum Gasteiger partial charge on any atom is -0.507 e. The number of Topliss-reactive ketones (excluding diaryl/α,β-unsaturated/α-hetero) is 1. The number of ether oxygens (including phenoxy) is 2. The summed E-state index contributed by atoms with van der Waals surface area (Å²) < 4.78 is 16.4. The number of thioether (sulfide) groups is 1. The fourth-order valence-electron chi connectivity index (χ4n) is 5.63. The molecule has 0 fully saturated rings. The highest BCUT2D eigenvalue weighted by Crippen LogP contribution is 2.44. The van der Waals surface area contributed by atoms with Crippen LogP contribution in [0.3, 0.4) is 0 Å². The lowest BCUT2D eigenvalue weighted by molar-refractivity contribution is -0.122.